The molecule has 1 aromatic heterocycles. The first-order valence-electron chi connectivity index (χ1n) is 16.0. The van der Waals surface area contributed by atoms with Gasteiger partial charge in [0.05, 0.1) is 13.5 Å². The number of hydrogen-bond acceptors (Lipinski definition) is 6. The number of aromatic amines is 1. The van der Waals surface area contributed by atoms with E-state index in [9.17, 15) is 19.2 Å². The van der Waals surface area contributed by atoms with Crippen molar-refractivity contribution in [3.05, 3.63) is 47.7 Å². The number of carbonyl (C=O) groups is 4. The Hall–Kier alpha value is -3.42. The minimum absolute atomic E-state index is 0.0314. The van der Waals surface area contributed by atoms with E-state index in [0.29, 0.717) is 24.2 Å². The van der Waals surface area contributed by atoms with Crippen molar-refractivity contribution < 1.29 is 28.7 Å². The number of para-hydroxylation sites is 1. The Balaban J connectivity index is 1.04. The lowest BCUT2D eigenvalue weighted by molar-refractivity contribution is -0.160. The van der Waals surface area contributed by atoms with E-state index in [-0.39, 0.29) is 53.9 Å². The van der Waals surface area contributed by atoms with Gasteiger partial charge in [-0.1, -0.05) is 37.6 Å². The minimum Gasteiger partial charge on any atom is -0.467 e. The van der Waals surface area contributed by atoms with Crippen LogP contribution in [0.5, 0.6) is 0 Å². The molecule has 1 heterocycles. The second kappa shape index (κ2) is 11.6. The number of esters is 2. The van der Waals surface area contributed by atoms with Crippen LogP contribution in [-0.4, -0.2) is 47.9 Å². The maximum absolute atomic E-state index is 13.0. The molecule has 3 fully saturated rings. The van der Waals surface area contributed by atoms with Crippen molar-refractivity contribution >= 4 is 34.5 Å². The summed E-state index contributed by atoms with van der Waals surface area (Å²) in [6, 6.07) is 6.93. The molecule has 43 heavy (non-hydrogen) atoms. The number of benzene rings is 1. The number of aromatic nitrogens is 1. The number of methoxy groups -OCH3 is 1. The third-order valence-electron chi connectivity index (χ3n) is 11.6. The van der Waals surface area contributed by atoms with Crippen molar-refractivity contribution in [2.45, 2.75) is 96.6 Å². The Kier molecular flexibility index (Phi) is 7.99. The second-order valence-electron chi connectivity index (χ2n) is 13.8. The number of carbonyl (C=O) groups excluding carboxylic acids is 4. The van der Waals surface area contributed by atoms with Crippen LogP contribution in [0.15, 0.2) is 42.1 Å². The monoisotopic (exact) mass is 588 g/mol. The highest BCUT2D eigenvalue weighted by Gasteiger charge is 2.60. The summed E-state index contributed by atoms with van der Waals surface area (Å²) in [4.78, 5) is 53.7. The van der Waals surface area contributed by atoms with Crippen LogP contribution in [-0.2, 0) is 35.1 Å². The maximum atomic E-state index is 13.0. The van der Waals surface area contributed by atoms with Crippen molar-refractivity contribution in [3.8, 4) is 0 Å². The third kappa shape index (κ3) is 5.42. The van der Waals surface area contributed by atoms with Gasteiger partial charge in [-0.15, -0.1) is 0 Å². The number of ketones is 1. The molecule has 6 rings (SSSR count). The van der Waals surface area contributed by atoms with E-state index < -0.39 is 12.0 Å². The molecule has 7 unspecified atom stereocenters. The van der Waals surface area contributed by atoms with E-state index in [1.165, 1.54) is 12.7 Å². The first kappa shape index (κ1) is 29.6. The van der Waals surface area contributed by atoms with Crippen LogP contribution in [0.1, 0.15) is 83.6 Å². The third-order valence-corrected chi connectivity index (χ3v) is 11.6. The first-order chi connectivity index (χ1) is 20.6. The van der Waals surface area contributed by atoms with Gasteiger partial charge in [0.2, 0.25) is 5.91 Å². The lowest BCUT2D eigenvalue weighted by Crippen LogP contribution is -2.51. The molecule has 0 spiro atoms. The highest BCUT2D eigenvalue weighted by molar-refractivity contribution is 5.91. The molecule has 4 aliphatic carbocycles. The first-order valence-corrected chi connectivity index (χ1v) is 16.0. The smallest absolute Gasteiger partial charge is 0.328 e. The summed E-state index contributed by atoms with van der Waals surface area (Å²) < 4.78 is 11.1. The highest BCUT2D eigenvalue weighted by atomic mass is 16.5. The summed E-state index contributed by atoms with van der Waals surface area (Å²) in [5.74, 6) is 0.702. The van der Waals surface area contributed by atoms with Gasteiger partial charge in [0.15, 0.2) is 5.78 Å². The van der Waals surface area contributed by atoms with Gasteiger partial charge in [0.25, 0.3) is 0 Å². The molecule has 8 heteroatoms. The van der Waals surface area contributed by atoms with Crippen molar-refractivity contribution in [2.75, 3.05) is 7.11 Å². The Morgan fingerprint density at radius 2 is 1.84 bits per heavy atom. The van der Waals surface area contributed by atoms with Crippen LogP contribution in [0.25, 0.3) is 10.9 Å². The van der Waals surface area contributed by atoms with Crippen molar-refractivity contribution in [1.29, 1.82) is 0 Å². The average molecular weight is 589 g/mol. The Bertz CT molecular complexity index is 1460. The summed E-state index contributed by atoms with van der Waals surface area (Å²) >= 11 is 0. The molecular formula is C35H44N2O6. The van der Waals surface area contributed by atoms with E-state index in [0.717, 1.165) is 61.4 Å². The number of ether oxygens (including phenoxy) is 2. The maximum Gasteiger partial charge on any atom is 0.328 e. The molecule has 0 bridgehead atoms. The molecule has 230 valence electrons. The topological polar surface area (TPSA) is 115 Å². The van der Waals surface area contributed by atoms with Gasteiger partial charge in [-0.2, -0.15) is 0 Å². The Morgan fingerprint density at radius 3 is 2.65 bits per heavy atom. The van der Waals surface area contributed by atoms with Gasteiger partial charge in [0.1, 0.15) is 12.1 Å². The predicted molar refractivity (Wildman–Crippen MR) is 162 cm³/mol. The summed E-state index contributed by atoms with van der Waals surface area (Å²) in [6.45, 7) is 4.68. The molecular weight excluding hydrogens is 544 g/mol. The molecule has 2 N–H and O–H groups in total. The average Bonchev–Trinajstić information content (AvgIpc) is 3.56. The SMILES string of the molecule is COC(=O)C(Cc1c[nH]c2ccccc12)NC(=O)CCC(=O)OC1CCC2C3CCC4=CC(=O)CCC4(C)C3CCC12C. The van der Waals surface area contributed by atoms with Crippen LogP contribution in [0.3, 0.4) is 0 Å². The number of hydrogen-bond donors (Lipinski definition) is 2. The van der Waals surface area contributed by atoms with Gasteiger partial charge >= 0.3 is 11.9 Å². The number of allylic oxidation sites excluding steroid dienone is 1. The molecule has 1 aromatic carbocycles. The fourth-order valence-corrected chi connectivity index (χ4v) is 9.26. The molecule has 7 atom stereocenters. The summed E-state index contributed by atoms with van der Waals surface area (Å²) in [6.07, 6.45) is 11.6. The van der Waals surface area contributed by atoms with Crippen LogP contribution in [0.4, 0.5) is 0 Å². The van der Waals surface area contributed by atoms with Gasteiger partial charge in [0, 0.05) is 41.8 Å². The summed E-state index contributed by atoms with van der Waals surface area (Å²) in [7, 11) is 1.30. The molecule has 2 aromatic rings. The zero-order valence-corrected chi connectivity index (χ0v) is 25.6. The molecule has 4 aliphatic rings. The highest BCUT2D eigenvalue weighted by Crippen LogP contribution is 2.65. The van der Waals surface area contributed by atoms with E-state index in [1.807, 2.05) is 36.5 Å². The van der Waals surface area contributed by atoms with Crippen LogP contribution in [0, 0.1) is 28.6 Å². The van der Waals surface area contributed by atoms with Crippen molar-refractivity contribution in [1.82, 2.24) is 10.3 Å². The number of H-pyrrole nitrogens is 1. The second-order valence-corrected chi connectivity index (χ2v) is 13.8. The van der Waals surface area contributed by atoms with E-state index in [2.05, 4.69) is 24.1 Å². The Morgan fingerprint density at radius 1 is 1.02 bits per heavy atom. The summed E-state index contributed by atoms with van der Waals surface area (Å²) in [5, 5.41) is 3.76. The quantitative estimate of drug-likeness (QED) is 0.389. The number of amides is 1. The van der Waals surface area contributed by atoms with E-state index in [4.69, 9.17) is 9.47 Å². The van der Waals surface area contributed by atoms with Gasteiger partial charge in [-0.05, 0) is 85.8 Å². The molecule has 8 nitrogen and oxygen atoms in total. The van der Waals surface area contributed by atoms with Gasteiger partial charge in [-0.25, -0.2) is 4.79 Å². The Labute approximate surface area is 253 Å². The lowest BCUT2D eigenvalue weighted by atomic mass is 9.47. The molecule has 0 saturated heterocycles. The van der Waals surface area contributed by atoms with Gasteiger partial charge in [-0.3, -0.25) is 14.4 Å². The fraction of sp³-hybridized carbons (Fsp3) is 0.600. The predicted octanol–water partition coefficient (Wildman–Crippen LogP) is 5.59. The van der Waals surface area contributed by atoms with Gasteiger partial charge < -0.3 is 19.8 Å². The van der Waals surface area contributed by atoms with Crippen molar-refractivity contribution in [3.63, 3.8) is 0 Å². The zero-order chi connectivity index (χ0) is 30.4. The largest absolute Gasteiger partial charge is 0.467 e. The minimum atomic E-state index is -0.854. The number of fused-ring (bicyclic) bond motifs is 6. The van der Waals surface area contributed by atoms with Crippen LogP contribution in [0.2, 0.25) is 0 Å². The standard InChI is InChI=1S/C35H44N2O6/c1-34-16-14-23(38)19-22(34)8-9-25-26-10-11-30(35(26,2)17-15-27(25)34)43-32(40)13-12-31(39)37-29(33(41)42-3)18-21-20-36-28-7-5-4-6-24(21)28/h4-7,19-20,25-27,29-30,36H,8-18H2,1-3H3,(H,37,39). The van der Waals surface area contributed by atoms with E-state index in [1.54, 1.807) is 0 Å². The number of nitrogens with one attached hydrogen (secondary N) is 2. The zero-order valence-electron chi connectivity index (χ0n) is 25.6. The summed E-state index contributed by atoms with van der Waals surface area (Å²) in [5.41, 5.74) is 3.29. The van der Waals surface area contributed by atoms with E-state index >= 15 is 0 Å². The van der Waals surface area contributed by atoms with Crippen LogP contribution >= 0.6 is 0 Å². The molecule has 1 amide bonds. The lowest BCUT2D eigenvalue weighted by Gasteiger charge is -2.57. The molecule has 0 radical (unpaired) electrons. The molecule has 3 saturated carbocycles. The number of rotatable bonds is 8. The van der Waals surface area contributed by atoms with Crippen molar-refractivity contribution in [2.24, 2.45) is 28.6 Å². The molecule has 0 aliphatic heterocycles. The normalized spacial score (nSPS) is 32.2. The fourth-order valence-electron chi connectivity index (χ4n) is 9.26. The van der Waals surface area contributed by atoms with Crippen LogP contribution < -0.4 is 5.32 Å².